The average molecular weight is 289 g/mol. The number of nitrogens with zero attached hydrogens (tertiary/aromatic N) is 3. The molecule has 1 unspecified atom stereocenters. The molecular weight excluding hydrogens is 274 g/mol. The highest BCUT2D eigenvalue weighted by Crippen LogP contribution is 2.18. The Balaban J connectivity index is 1.78. The van der Waals surface area contributed by atoms with Gasteiger partial charge in [-0.25, -0.2) is 4.99 Å². The number of benzene rings is 1. The number of fused-ring (bicyclic) bond motifs is 1. The smallest absolute Gasteiger partial charge is 0.194 e. The van der Waals surface area contributed by atoms with E-state index in [1.807, 2.05) is 36.0 Å². The quantitative estimate of drug-likeness (QED) is 0.814. The maximum Gasteiger partial charge on any atom is 0.194 e. The second-order valence-electron chi connectivity index (χ2n) is 4.61. The van der Waals surface area contributed by atoms with Crippen LogP contribution >= 0.6 is 12.2 Å². The molecule has 0 radical (unpaired) electrons. The van der Waals surface area contributed by atoms with Crippen molar-refractivity contribution in [1.82, 2.24) is 15.1 Å². The lowest BCUT2D eigenvalue weighted by Gasteiger charge is -2.21. The second-order valence-corrected chi connectivity index (χ2v) is 5.00. The van der Waals surface area contributed by atoms with Crippen molar-refractivity contribution in [2.75, 3.05) is 6.54 Å². The SMILES string of the molecule is Cn1nc(COC2CNC(=S)N=C2N)c2ccccc21. The molecule has 104 valence electrons. The predicted molar refractivity (Wildman–Crippen MR) is 81.5 cm³/mol. The summed E-state index contributed by atoms with van der Waals surface area (Å²) in [4.78, 5) is 4.01. The molecule has 20 heavy (non-hydrogen) atoms. The van der Waals surface area contributed by atoms with Gasteiger partial charge in [0.2, 0.25) is 0 Å². The van der Waals surface area contributed by atoms with Gasteiger partial charge in [0.15, 0.2) is 5.11 Å². The first kappa shape index (κ1) is 13.0. The molecule has 2 aromatic rings. The molecule has 0 saturated heterocycles. The van der Waals surface area contributed by atoms with Gasteiger partial charge in [0.25, 0.3) is 0 Å². The number of hydrogen-bond donors (Lipinski definition) is 2. The Kier molecular flexibility index (Phi) is 3.37. The molecule has 1 atom stereocenters. The van der Waals surface area contributed by atoms with Crippen LogP contribution in [0.4, 0.5) is 0 Å². The van der Waals surface area contributed by atoms with E-state index < -0.39 is 0 Å². The third-order valence-corrected chi connectivity index (χ3v) is 3.49. The first-order valence-corrected chi connectivity index (χ1v) is 6.70. The molecule has 1 aliphatic heterocycles. The van der Waals surface area contributed by atoms with Crippen LogP contribution in [0.15, 0.2) is 29.3 Å². The van der Waals surface area contributed by atoms with E-state index in [4.69, 9.17) is 22.7 Å². The zero-order valence-electron chi connectivity index (χ0n) is 11.0. The minimum atomic E-state index is -0.275. The normalized spacial score (nSPS) is 18.9. The van der Waals surface area contributed by atoms with Gasteiger partial charge in [-0.05, 0) is 18.3 Å². The molecule has 0 aliphatic carbocycles. The lowest BCUT2D eigenvalue weighted by Crippen LogP contribution is -2.46. The van der Waals surface area contributed by atoms with E-state index in [9.17, 15) is 0 Å². The van der Waals surface area contributed by atoms with Crippen molar-refractivity contribution < 1.29 is 4.74 Å². The van der Waals surface area contributed by atoms with Crippen LogP contribution in [-0.2, 0) is 18.4 Å². The van der Waals surface area contributed by atoms with Crippen LogP contribution in [0, 0.1) is 0 Å². The standard InChI is InChI=1S/C13H15N5OS/c1-18-10-5-3-2-4-8(10)9(17-18)7-19-11-6-15-13(20)16-12(11)14/h2-5,11H,6-7H2,1H3,(H3,14,15,16,20). The summed E-state index contributed by atoms with van der Waals surface area (Å²) in [5.41, 5.74) is 7.80. The van der Waals surface area contributed by atoms with Gasteiger partial charge in [0.1, 0.15) is 11.9 Å². The number of nitrogens with two attached hydrogens (primary N) is 1. The number of aliphatic imine (C=N–C) groups is 1. The van der Waals surface area contributed by atoms with Crippen LogP contribution in [0.2, 0.25) is 0 Å². The van der Waals surface area contributed by atoms with E-state index in [0.29, 0.717) is 24.1 Å². The summed E-state index contributed by atoms with van der Waals surface area (Å²) in [6.45, 7) is 0.926. The molecule has 0 spiro atoms. The van der Waals surface area contributed by atoms with E-state index in [1.54, 1.807) is 0 Å². The van der Waals surface area contributed by atoms with Gasteiger partial charge >= 0.3 is 0 Å². The van der Waals surface area contributed by atoms with Crippen LogP contribution in [0.25, 0.3) is 10.9 Å². The minimum absolute atomic E-state index is 0.275. The molecule has 7 heteroatoms. The van der Waals surface area contributed by atoms with Crippen molar-refractivity contribution in [3.05, 3.63) is 30.0 Å². The van der Waals surface area contributed by atoms with Crippen molar-refractivity contribution in [1.29, 1.82) is 0 Å². The van der Waals surface area contributed by atoms with E-state index in [0.717, 1.165) is 16.6 Å². The van der Waals surface area contributed by atoms with Gasteiger partial charge < -0.3 is 15.8 Å². The number of nitrogens with one attached hydrogen (secondary N) is 1. The highest BCUT2D eigenvalue weighted by molar-refractivity contribution is 7.80. The molecule has 0 bridgehead atoms. The molecule has 6 nitrogen and oxygen atoms in total. The molecule has 1 aromatic carbocycles. The number of aryl methyl sites for hydroxylation is 1. The lowest BCUT2D eigenvalue weighted by molar-refractivity contribution is 0.0831. The summed E-state index contributed by atoms with van der Waals surface area (Å²) in [6.07, 6.45) is -0.275. The number of thiocarbonyl (C=S) groups is 1. The van der Waals surface area contributed by atoms with Crippen LogP contribution in [0.1, 0.15) is 5.69 Å². The molecule has 1 aliphatic rings. The van der Waals surface area contributed by atoms with Gasteiger partial charge in [-0.1, -0.05) is 18.2 Å². The first-order valence-electron chi connectivity index (χ1n) is 6.29. The Morgan fingerprint density at radius 1 is 1.50 bits per heavy atom. The lowest BCUT2D eigenvalue weighted by atomic mass is 10.2. The maximum atomic E-state index is 5.82. The Hall–Kier alpha value is -1.99. The molecular formula is C13H15N5OS. The van der Waals surface area contributed by atoms with E-state index in [-0.39, 0.29) is 6.10 Å². The Bertz CT molecular complexity index is 693. The van der Waals surface area contributed by atoms with Gasteiger partial charge in [-0.2, -0.15) is 5.10 Å². The first-order chi connectivity index (χ1) is 9.65. The summed E-state index contributed by atoms with van der Waals surface area (Å²) in [5, 5.41) is 8.93. The van der Waals surface area contributed by atoms with E-state index >= 15 is 0 Å². The highest BCUT2D eigenvalue weighted by Gasteiger charge is 2.20. The van der Waals surface area contributed by atoms with Gasteiger partial charge in [-0.3, -0.25) is 4.68 Å². The van der Waals surface area contributed by atoms with Crippen molar-refractivity contribution in [2.45, 2.75) is 12.7 Å². The van der Waals surface area contributed by atoms with Gasteiger partial charge in [0.05, 0.1) is 24.4 Å². The second kappa shape index (κ2) is 5.18. The van der Waals surface area contributed by atoms with Crippen LogP contribution in [0.3, 0.4) is 0 Å². The molecule has 3 N–H and O–H groups in total. The number of rotatable bonds is 3. The Morgan fingerprint density at radius 2 is 2.30 bits per heavy atom. The third kappa shape index (κ3) is 2.37. The predicted octanol–water partition coefficient (Wildman–Crippen LogP) is 0.704. The number of aromatic nitrogens is 2. The van der Waals surface area contributed by atoms with Crippen LogP contribution < -0.4 is 11.1 Å². The molecule has 3 rings (SSSR count). The van der Waals surface area contributed by atoms with Crippen molar-refractivity contribution in [2.24, 2.45) is 17.8 Å². The summed E-state index contributed by atoms with van der Waals surface area (Å²) in [7, 11) is 1.92. The molecule has 1 aromatic heterocycles. The summed E-state index contributed by atoms with van der Waals surface area (Å²) in [6, 6.07) is 8.05. The summed E-state index contributed by atoms with van der Waals surface area (Å²) in [5.74, 6) is 0.411. The minimum Gasteiger partial charge on any atom is -0.385 e. The molecule has 0 saturated carbocycles. The van der Waals surface area contributed by atoms with Crippen molar-refractivity contribution in [3.63, 3.8) is 0 Å². The fourth-order valence-corrected chi connectivity index (χ4v) is 2.42. The number of hydrogen-bond acceptors (Lipinski definition) is 4. The Labute approximate surface area is 121 Å². The number of ether oxygens (including phenoxy) is 1. The van der Waals surface area contributed by atoms with Gasteiger partial charge in [0, 0.05) is 12.4 Å². The highest BCUT2D eigenvalue weighted by atomic mass is 32.1. The average Bonchev–Trinajstić information content (AvgIpc) is 2.75. The zero-order valence-corrected chi connectivity index (χ0v) is 11.9. The summed E-state index contributed by atoms with van der Waals surface area (Å²) < 4.78 is 7.64. The number of para-hydroxylation sites is 1. The van der Waals surface area contributed by atoms with E-state index in [1.165, 1.54) is 0 Å². The van der Waals surface area contributed by atoms with Crippen LogP contribution in [0.5, 0.6) is 0 Å². The van der Waals surface area contributed by atoms with Crippen LogP contribution in [-0.4, -0.2) is 33.4 Å². The Morgan fingerprint density at radius 3 is 3.10 bits per heavy atom. The largest absolute Gasteiger partial charge is 0.385 e. The van der Waals surface area contributed by atoms with Crippen molar-refractivity contribution >= 4 is 34.1 Å². The van der Waals surface area contributed by atoms with E-state index in [2.05, 4.69) is 15.4 Å². The van der Waals surface area contributed by atoms with Gasteiger partial charge in [-0.15, -0.1) is 0 Å². The fraction of sp³-hybridized carbons (Fsp3) is 0.308. The molecule has 0 fully saturated rings. The monoisotopic (exact) mass is 289 g/mol. The fourth-order valence-electron chi connectivity index (χ4n) is 2.23. The molecule has 0 amide bonds. The zero-order chi connectivity index (χ0) is 14.1. The maximum absolute atomic E-state index is 5.82. The third-order valence-electron chi connectivity index (χ3n) is 3.25. The van der Waals surface area contributed by atoms with Crippen molar-refractivity contribution in [3.8, 4) is 0 Å². The topological polar surface area (TPSA) is 77.5 Å². The molecule has 2 heterocycles. The summed E-state index contributed by atoms with van der Waals surface area (Å²) >= 11 is 4.93. The number of amidine groups is 1.